The molecule has 28 heavy (non-hydrogen) atoms. The SMILES string of the molecule is CCCCCCCCCCCCC/C=C/[C@@H](O)[C@@H](N)CO.NC(CS)C(=O)O. The monoisotopic (exact) mass is 420 g/mol. The summed E-state index contributed by atoms with van der Waals surface area (Å²) in [6.07, 6.45) is 18.8. The van der Waals surface area contributed by atoms with E-state index in [0.29, 0.717) is 0 Å². The van der Waals surface area contributed by atoms with E-state index in [2.05, 4.69) is 19.6 Å². The van der Waals surface area contributed by atoms with Gasteiger partial charge in [-0.05, 0) is 12.8 Å². The molecule has 0 saturated carbocycles. The van der Waals surface area contributed by atoms with E-state index in [-0.39, 0.29) is 12.4 Å². The van der Waals surface area contributed by atoms with Crippen molar-refractivity contribution in [2.24, 2.45) is 11.5 Å². The first kappa shape index (κ1) is 29.6. The highest BCUT2D eigenvalue weighted by molar-refractivity contribution is 7.80. The Bertz CT molecular complexity index is 370. The van der Waals surface area contributed by atoms with Gasteiger partial charge in [-0.3, -0.25) is 4.79 Å². The van der Waals surface area contributed by atoms with Gasteiger partial charge < -0.3 is 26.8 Å². The van der Waals surface area contributed by atoms with Gasteiger partial charge in [0.05, 0.1) is 18.8 Å². The Morgan fingerprint density at radius 3 is 1.79 bits per heavy atom. The van der Waals surface area contributed by atoms with E-state index < -0.39 is 24.2 Å². The van der Waals surface area contributed by atoms with Gasteiger partial charge in [0.15, 0.2) is 0 Å². The Kier molecular flexibility index (Phi) is 24.0. The van der Waals surface area contributed by atoms with Crippen LogP contribution in [0.25, 0.3) is 0 Å². The number of carbonyl (C=O) groups is 1. The molecule has 0 rings (SSSR count). The molecule has 0 fully saturated rings. The Hall–Kier alpha value is -0.600. The molecule has 0 aliphatic carbocycles. The van der Waals surface area contributed by atoms with Crippen molar-refractivity contribution in [2.45, 2.75) is 102 Å². The predicted molar refractivity (Wildman–Crippen MR) is 121 cm³/mol. The highest BCUT2D eigenvalue weighted by atomic mass is 32.1. The van der Waals surface area contributed by atoms with E-state index >= 15 is 0 Å². The number of aliphatic hydroxyl groups is 2. The molecule has 0 aromatic heterocycles. The van der Waals surface area contributed by atoms with Crippen LogP contribution in [0.4, 0.5) is 0 Å². The van der Waals surface area contributed by atoms with Gasteiger partial charge in [0.1, 0.15) is 6.04 Å². The summed E-state index contributed by atoms with van der Waals surface area (Å²) in [4.78, 5) is 9.76. The standard InChI is InChI=1S/C18H37NO2.C3H7NO2S/c1-2-3-4-5-6-7-8-9-10-11-12-13-14-15-18(21)17(19)16-20;4-2(1-7)3(5)6/h14-15,17-18,20-21H,2-13,16,19H2,1H3;2,7H,1,4H2,(H,5,6)/b15-14+;/t17-,18+;/m0./s1. The van der Waals surface area contributed by atoms with Crippen LogP contribution < -0.4 is 11.5 Å². The largest absolute Gasteiger partial charge is 0.480 e. The molecule has 0 heterocycles. The first-order chi connectivity index (χ1) is 13.4. The van der Waals surface area contributed by atoms with Crippen molar-refractivity contribution in [3.8, 4) is 0 Å². The van der Waals surface area contributed by atoms with Gasteiger partial charge in [-0.25, -0.2) is 0 Å². The van der Waals surface area contributed by atoms with Gasteiger partial charge >= 0.3 is 5.97 Å². The molecule has 0 radical (unpaired) electrons. The third kappa shape index (κ3) is 21.7. The van der Waals surface area contributed by atoms with Crippen molar-refractivity contribution in [3.63, 3.8) is 0 Å². The van der Waals surface area contributed by atoms with Crippen molar-refractivity contribution in [1.29, 1.82) is 0 Å². The van der Waals surface area contributed by atoms with Crippen molar-refractivity contribution >= 4 is 18.6 Å². The third-order valence-corrected chi connectivity index (χ3v) is 4.86. The zero-order valence-corrected chi connectivity index (χ0v) is 18.5. The van der Waals surface area contributed by atoms with Crippen LogP contribution in [0.3, 0.4) is 0 Å². The molecule has 0 aliphatic heterocycles. The van der Waals surface area contributed by atoms with Gasteiger partial charge in [-0.15, -0.1) is 0 Å². The van der Waals surface area contributed by atoms with Crippen LogP contribution >= 0.6 is 12.6 Å². The van der Waals surface area contributed by atoms with E-state index in [1.54, 1.807) is 6.08 Å². The second-order valence-corrected chi connectivity index (χ2v) is 7.58. The minimum atomic E-state index is -1.00. The molecular formula is C21H44N2O4S. The number of allylic oxidation sites excluding steroid dienone is 1. The topological polar surface area (TPSA) is 130 Å². The smallest absolute Gasteiger partial charge is 0.321 e. The highest BCUT2D eigenvalue weighted by Gasteiger charge is 2.08. The number of thiol groups is 1. The Morgan fingerprint density at radius 2 is 1.43 bits per heavy atom. The summed E-state index contributed by atoms with van der Waals surface area (Å²) in [6, 6.07) is -1.37. The summed E-state index contributed by atoms with van der Waals surface area (Å²) in [5.74, 6) is -0.815. The lowest BCUT2D eigenvalue weighted by Crippen LogP contribution is -2.36. The molecule has 168 valence electrons. The number of unbranched alkanes of at least 4 members (excludes halogenated alkanes) is 11. The quantitative estimate of drug-likeness (QED) is 0.122. The van der Waals surface area contributed by atoms with E-state index in [9.17, 15) is 9.90 Å². The van der Waals surface area contributed by atoms with Crippen molar-refractivity contribution in [3.05, 3.63) is 12.2 Å². The number of hydrogen-bond donors (Lipinski definition) is 6. The number of aliphatic carboxylic acids is 1. The average molecular weight is 421 g/mol. The first-order valence-electron chi connectivity index (χ1n) is 10.7. The van der Waals surface area contributed by atoms with Crippen LogP contribution in [-0.2, 0) is 4.79 Å². The van der Waals surface area contributed by atoms with E-state index in [1.165, 1.54) is 70.6 Å². The fraction of sp³-hybridized carbons (Fsp3) is 0.857. The Morgan fingerprint density at radius 1 is 0.964 bits per heavy atom. The van der Waals surface area contributed by atoms with Gasteiger partial charge in [-0.1, -0.05) is 83.3 Å². The first-order valence-corrected chi connectivity index (χ1v) is 11.3. The Labute approximate surface area is 177 Å². The summed E-state index contributed by atoms with van der Waals surface area (Å²) in [7, 11) is 0. The van der Waals surface area contributed by atoms with Gasteiger partial charge in [-0.2, -0.15) is 12.6 Å². The summed E-state index contributed by atoms with van der Waals surface area (Å²) >= 11 is 3.65. The lowest BCUT2D eigenvalue weighted by Gasteiger charge is -2.11. The van der Waals surface area contributed by atoms with Crippen LogP contribution in [0, 0.1) is 0 Å². The molecule has 7 heteroatoms. The van der Waals surface area contributed by atoms with Crippen LogP contribution in [-0.4, -0.2) is 51.8 Å². The molecule has 0 bridgehead atoms. The second-order valence-electron chi connectivity index (χ2n) is 7.22. The number of aliphatic hydroxyl groups excluding tert-OH is 2. The molecule has 0 amide bonds. The summed E-state index contributed by atoms with van der Waals surface area (Å²) < 4.78 is 0. The average Bonchev–Trinajstić information content (AvgIpc) is 2.70. The second kappa shape index (κ2) is 22.7. The van der Waals surface area contributed by atoms with Crippen LogP contribution in [0.5, 0.6) is 0 Å². The molecular weight excluding hydrogens is 376 g/mol. The lowest BCUT2D eigenvalue weighted by atomic mass is 10.0. The lowest BCUT2D eigenvalue weighted by molar-refractivity contribution is -0.137. The maximum atomic E-state index is 9.76. The molecule has 6 nitrogen and oxygen atoms in total. The minimum absolute atomic E-state index is 0.177. The fourth-order valence-corrected chi connectivity index (χ4v) is 2.65. The highest BCUT2D eigenvalue weighted by Crippen LogP contribution is 2.12. The molecule has 0 saturated heterocycles. The van der Waals surface area contributed by atoms with Crippen molar-refractivity contribution in [1.82, 2.24) is 0 Å². The van der Waals surface area contributed by atoms with E-state index in [1.807, 2.05) is 6.08 Å². The van der Waals surface area contributed by atoms with Crippen LogP contribution in [0.2, 0.25) is 0 Å². The summed E-state index contributed by atoms with van der Waals surface area (Å²) in [5.41, 5.74) is 10.5. The van der Waals surface area contributed by atoms with Crippen molar-refractivity contribution < 1.29 is 20.1 Å². The maximum absolute atomic E-state index is 9.76. The van der Waals surface area contributed by atoms with Gasteiger partial charge in [0.25, 0.3) is 0 Å². The molecule has 0 aromatic carbocycles. The van der Waals surface area contributed by atoms with Crippen LogP contribution in [0.1, 0.15) is 84.0 Å². The molecule has 0 aliphatic rings. The molecule has 1 unspecified atom stereocenters. The summed E-state index contributed by atoms with van der Waals surface area (Å²) in [6.45, 7) is 2.08. The predicted octanol–water partition coefficient (Wildman–Crippen LogP) is 3.25. The zero-order valence-electron chi connectivity index (χ0n) is 17.6. The summed E-state index contributed by atoms with van der Waals surface area (Å²) in [5, 5.41) is 26.3. The number of hydrogen-bond acceptors (Lipinski definition) is 6. The maximum Gasteiger partial charge on any atom is 0.321 e. The Balaban J connectivity index is 0. The number of nitrogens with two attached hydrogens (primary N) is 2. The fourth-order valence-electron chi connectivity index (χ4n) is 2.49. The van der Waals surface area contributed by atoms with Crippen molar-refractivity contribution in [2.75, 3.05) is 12.4 Å². The third-order valence-electron chi connectivity index (χ3n) is 4.47. The van der Waals surface area contributed by atoms with Crippen LogP contribution in [0.15, 0.2) is 12.2 Å². The zero-order chi connectivity index (χ0) is 21.6. The number of carboxylic acid groups (broad SMARTS) is 1. The number of carboxylic acids is 1. The number of rotatable bonds is 17. The molecule has 0 spiro atoms. The van der Waals surface area contributed by atoms with Gasteiger partial charge in [0, 0.05) is 5.75 Å². The molecule has 7 N–H and O–H groups in total. The minimum Gasteiger partial charge on any atom is -0.480 e. The van der Waals surface area contributed by atoms with E-state index in [4.69, 9.17) is 21.7 Å². The molecule has 0 aromatic rings. The van der Waals surface area contributed by atoms with E-state index in [0.717, 1.165) is 6.42 Å². The molecule has 3 atom stereocenters. The normalized spacial score (nSPS) is 14.4. The van der Waals surface area contributed by atoms with Gasteiger partial charge in [0.2, 0.25) is 0 Å².